The zero-order valence-corrected chi connectivity index (χ0v) is 13.5. The summed E-state index contributed by atoms with van der Waals surface area (Å²) in [5.41, 5.74) is 0.573. The second-order valence-corrected chi connectivity index (χ2v) is 6.34. The van der Waals surface area contributed by atoms with Crippen molar-refractivity contribution in [3.05, 3.63) is 35.3 Å². The molecule has 0 amide bonds. The Labute approximate surface area is 144 Å². The lowest BCUT2D eigenvalue weighted by molar-refractivity contribution is -0.274. The largest absolute Gasteiger partial charge is 0.573 e. The predicted molar refractivity (Wildman–Crippen MR) is 81.9 cm³/mol. The van der Waals surface area contributed by atoms with Crippen LogP contribution in [0, 0.1) is 0 Å². The fourth-order valence-electron chi connectivity index (χ4n) is 2.53. The van der Waals surface area contributed by atoms with E-state index in [9.17, 15) is 22.8 Å². The summed E-state index contributed by atoms with van der Waals surface area (Å²) in [6.45, 7) is 0. The molecule has 25 heavy (non-hydrogen) atoms. The Balaban J connectivity index is 1.70. The number of nitrogens with zero attached hydrogens (tertiary/aromatic N) is 1. The maximum absolute atomic E-state index is 12.2. The average Bonchev–Trinajstić information content (AvgIpc) is 2.93. The van der Waals surface area contributed by atoms with Gasteiger partial charge in [-0.2, -0.15) is 0 Å². The molecule has 1 aliphatic carbocycles. The van der Waals surface area contributed by atoms with Crippen LogP contribution in [0.25, 0.3) is 0 Å². The third-order valence-corrected chi connectivity index (χ3v) is 4.24. The molecule has 1 aromatic heterocycles. The van der Waals surface area contributed by atoms with E-state index in [-0.39, 0.29) is 47.7 Å². The van der Waals surface area contributed by atoms with Gasteiger partial charge in [0.05, 0.1) is 12.1 Å². The van der Waals surface area contributed by atoms with Crippen LogP contribution in [0.15, 0.2) is 29.6 Å². The van der Waals surface area contributed by atoms with Gasteiger partial charge in [0.1, 0.15) is 23.1 Å². The summed E-state index contributed by atoms with van der Waals surface area (Å²) >= 11 is 1.14. The van der Waals surface area contributed by atoms with Crippen LogP contribution in [0.3, 0.4) is 0 Å². The maximum atomic E-state index is 12.2. The third-order valence-electron chi connectivity index (χ3n) is 3.51. The van der Waals surface area contributed by atoms with Gasteiger partial charge in [-0.15, -0.1) is 13.2 Å². The van der Waals surface area contributed by atoms with Crippen LogP contribution in [-0.4, -0.2) is 22.9 Å². The van der Waals surface area contributed by atoms with E-state index in [0.29, 0.717) is 5.69 Å². The summed E-state index contributed by atoms with van der Waals surface area (Å²) in [6, 6.07) is 5.09. The van der Waals surface area contributed by atoms with Crippen LogP contribution in [0.4, 0.5) is 13.2 Å². The number of hydrogen-bond acceptors (Lipinski definition) is 6. The van der Waals surface area contributed by atoms with Crippen LogP contribution >= 0.6 is 11.3 Å². The number of carbonyl (C=O) groups is 2. The van der Waals surface area contributed by atoms with Crippen molar-refractivity contribution < 1.29 is 32.2 Å². The minimum absolute atomic E-state index is 0.0318. The molecule has 0 aliphatic heterocycles. The lowest BCUT2D eigenvalue weighted by Crippen LogP contribution is -2.21. The SMILES string of the molecule is O=C1CC(=O)CC(c2csc(Oc3cccc(OC(F)(F)F)c3)n2)C1. The van der Waals surface area contributed by atoms with E-state index in [0.717, 1.165) is 23.5 Å². The van der Waals surface area contributed by atoms with Crippen LogP contribution in [0.1, 0.15) is 30.9 Å². The summed E-state index contributed by atoms with van der Waals surface area (Å²) in [5, 5.41) is 1.90. The number of alkyl halides is 3. The van der Waals surface area contributed by atoms with Crippen molar-refractivity contribution in [2.45, 2.75) is 31.5 Å². The topological polar surface area (TPSA) is 65.5 Å². The van der Waals surface area contributed by atoms with E-state index in [1.165, 1.54) is 12.1 Å². The van der Waals surface area contributed by atoms with Gasteiger partial charge in [0.2, 0.25) is 0 Å². The zero-order chi connectivity index (χ0) is 18.0. The molecule has 0 N–H and O–H groups in total. The Bertz CT molecular complexity index is 787. The fraction of sp³-hybridized carbons (Fsp3) is 0.312. The molecule has 2 aromatic rings. The molecular weight excluding hydrogens is 359 g/mol. The number of Topliss-reactive ketones (excluding diaryl/α,β-unsaturated/α-hetero) is 2. The smallest absolute Gasteiger partial charge is 0.431 e. The lowest BCUT2D eigenvalue weighted by Gasteiger charge is -2.17. The van der Waals surface area contributed by atoms with Gasteiger partial charge in [0.25, 0.3) is 5.19 Å². The molecule has 0 spiro atoms. The van der Waals surface area contributed by atoms with E-state index < -0.39 is 12.1 Å². The number of hydrogen-bond donors (Lipinski definition) is 0. The number of ether oxygens (including phenoxy) is 2. The van der Waals surface area contributed by atoms with Crippen LogP contribution < -0.4 is 9.47 Å². The molecule has 0 bridgehead atoms. The molecule has 1 aliphatic rings. The molecule has 5 nitrogen and oxygen atoms in total. The van der Waals surface area contributed by atoms with Crippen molar-refractivity contribution in [3.8, 4) is 16.7 Å². The average molecular weight is 371 g/mol. The molecule has 1 fully saturated rings. The first-order valence-electron chi connectivity index (χ1n) is 7.31. The van der Waals surface area contributed by atoms with Crippen LogP contribution in [0.2, 0.25) is 0 Å². The first kappa shape index (κ1) is 17.4. The molecule has 0 unspecified atom stereocenters. The summed E-state index contributed by atoms with van der Waals surface area (Å²) < 4.78 is 46.0. The van der Waals surface area contributed by atoms with Gasteiger partial charge in [-0.25, -0.2) is 4.98 Å². The van der Waals surface area contributed by atoms with Gasteiger partial charge < -0.3 is 9.47 Å². The summed E-state index contributed by atoms with van der Waals surface area (Å²) in [7, 11) is 0. The normalized spacial score (nSPS) is 16.1. The van der Waals surface area contributed by atoms with Gasteiger partial charge in [0.15, 0.2) is 0 Å². The van der Waals surface area contributed by atoms with Gasteiger partial charge >= 0.3 is 6.36 Å². The molecule has 1 heterocycles. The van der Waals surface area contributed by atoms with Gasteiger partial charge in [0, 0.05) is 30.2 Å². The van der Waals surface area contributed by atoms with Crippen molar-refractivity contribution in [1.29, 1.82) is 0 Å². The highest BCUT2D eigenvalue weighted by Crippen LogP contribution is 2.34. The molecule has 3 rings (SSSR count). The van der Waals surface area contributed by atoms with Crippen molar-refractivity contribution in [1.82, 2.24) is 4.98 Å². The molecule has 1 saturated carbocycles. The van der Waals surface area contributed by atoms with Gasteiger partial charge in [-0.1, -0.05) is 17.4 Å². The Hall–Kier alpha value is -2.42. The number of benzene rings is 1. The fourth-order valence-corrected chi connectivity index (χ4v) is 3.30. The summed E-state index contributed by atoms with van der Waals surface area (Å²) in [4.78, 5) is 27.3. The first-order chi connectivity index (χ1) is 11.8. The predicted octanol–water partition coefficient (Wildman–Crippen LogP) is 4.24. The van der Waals surface area contributed by atoms with E-state index in [4.69, 9.17) is 4.74 Å². The number of ketones is 2. The molecule has 9 heteroatoms. The van der Waals surface area contributed by atoms with Gasteiger partial charge in [-0.3, -0.25) is 9.59 Å². The molecule has 0 saturated heterocycles. The lowest BCUT2D eigenvalue weighted by atomic mass is 9.86. The molecule has 0 radical (unpaired) electrons. The molecule has 0 atom stereocenters. The van der Waals surface area contributed by atoms with Crippen molar-refractivity contribution >= 4 is 22.9 Å². The number of carbonyl (C=O) groups excluding carboxylic acids is 2. The van der Waals surface area contributed by atoms with E-state index >= 15 is 0 Å². The van der Waals surface area contributed by atoms with Crippen molar-refractivity contribution in [3.63, 3.8) is 0 Å². The molecule has 1 aromatic carbocycles. The van der Waals surface area contributed by atoms with Crippen molar-refractivity contribution in [2.24, 2.45) is 0 Å². The first-order valence-corrected chi connectivity index (χ1v) is 8.19. The molecular formula is C16H12F3NO4S. The van der Waals surface area contributed by atoms with E-state index in [2.05, 4.69) is 9.72 Å². The van der Waals surface area contributed by atoms with Crippen molar-refractivity contribution in [2.75, 3.05) is 0 Å². The minimum Gasteiger partial charge on any atom is -0.431 e. The Kier molecular flexibility index (Phi) is 4.76. The molecule has 132 valence electrons. The Morgan fingerprint density at radius 3 is 2.48 bits per heavy atom. The highest BCUT2D eigenvalue weighted by Gasteiger charge is 2.31. The maximum Gasteiger partial charge on any atom is 0.573 e. The monoisotopic (exact) mass is 371 g/mol. The van der Waals surface area contributed by atoms with E-state index in [1.807, 2.05) is 0 Å². The number of aromatic nitrogens is 1. The van der Waals surface area contributed by atoms with Gasteiger partial charge in [-0.05, 0) is 12.1 Å². The Morgan fingerprint density at radius 2 is 1.80 bits per heavy atom. The highest BCUT2D eigenvalue weighted by molar-refractivity contribution is 7.11. The second kappa shape index (κ2) is 6.83. The van der Waals surface area contributed by atoms with E-state index in [1.54, 1.807) is 5.38 Å². The summed E-state index contributed by atoms with van der Waals surface area (Å²) in [5.74, 6) is -0.770. The third kappa shape index (κ3) is 4.79. The highest BCUT2D eigenvalue weighted by atomic mass is 32.1. The van der Waals surface area contributed by atoms with Crippen LogP contribution in [-0.2, 0) is 9.59 Å². The number of thiazole rings is 1. The number of halogens is 3. The standard InChI is InChI=1S/C16H12F3NO4S/c17-16(18,19)24-13-3-1-2-12(7-13)23-15-20-14(8-25-15)9-4-10(21)6-11(22)5-9/h1-3,7-9H,4-6H2. The second-order valence-electron chi connectivity index (χ2n) is 5.52. The summed E-state index contributed by atoms with van der Waals surface area (Å²) in [6.07, 6.45) is -4.31. The quantitative estimate of drug-likeness (QED) is 0.752. The number of rotatable bonds is 4. The minimum atomic E-state index is -4.78. The van der Waals surface area contributed by atoms with Crippen LogP contribution in [0.5, 0.6) is 16.7 Å². The zero-order valence-electron chi connectivity index (χ0n) is 12.7. The Morgan fingerprint density at radius 1 is 1.12 bits per heavy atom.